The Labute approximate surface area is 120 Å². The van der Waals surface area contributed by atoms with E-state index in [4.69, 9.17) is 0 Å². The van der Waals surface area contributed by atoms with Gasteiger partial charge in [-0.05, 0) is 69.1 Å². The smallest absolute Gasteiger partial charge is 0.0535 e. The average molecular weight is 271 g/mol. The molecule has 0 radical (unpaired) electrons. The summed E-state index contributed by atoms with van der Waals surface area (Å²) in [7, 11) is 0. The van der Waals surface area contributed by atoms with Gasteiger partial charge in [0.25, 0.3) is 0 Å². The Hall–Kier alpha value is -0.830. The highest BCUT2D eigenvalue weighted by Gasteiger charge is 2.52. The van der Waals surface area contributed by atoms with E-state index in [0.29, 0.717) is 5.41 Å². The molecule has 3 heteroatoms. The molecule has 4 bridgehead atoms. The quantitative estimate of drug-likeness (QED) is 0.883. The van der Waals surface area contributed by atoms with Crippen molar-refractivity contribution >= 4 is 0 Å². The Morgan fingerprint density at radius 3 is 2.35 bits per heavy atom. The zero-order chi connectivity index (χ0) is 13.2. The van der Waals surface area contributed by atoms with Crippen molar-refractivity contribution in [1.82, 2.24) is 15.5 Å². The van der Waals surface area contributed by atoms with Gasteiger partial charge in [0.05, 0.1) is 6.20 Å². The maximum atomic E-state index is 4.41. The van der Waals surface area contributed by atoms with Crippen LogP contribution in [-0.2, 0) is 12.0 Å². The number of hydrogen-bond donors (Lipinski definition) is 2. The second-order valence-corrected chi connectivity index (χ2v) is 8.12. The van der Waals surface area contributed by atoms with E-state index < -0.39 is 0 Å². The Morgan fingerprint density at radius 2 is 1.75 bits per heavy atom. The molecule has 0 amide bonds. The van der Waals surface area contributed by atoms with Gasteiger partial charge in [-0.15, -0.1) is 0 Å². The number of hydrogen-bond acceptors (Lipinski definition) is 2. The van der Waals surface area contributed by atoms with Crippen LogP contribution in [0.15, 0.2) is 6.20 Å². The van der Waals surface area contributed by atoms with E-state index in [2.05, 4.69) is 21.7 Å². The summed E-state index contributed by atoms with van der Waals surface area (Å²) in [5, 5.41) is 11.5. The highest BCUT2D eigenvalue weighted by atomic mass is 15.1. The van der Waals surface area contributed by atoms with Crippen LogP contribution in [0.5, 0.6) is 0 Å². The number of rotatable bonds is 4. The highest BCUT2D eigenvalue weighted by Crippen LogP contribution is 2.60. The van der Waals surface area contributed by atoms with Crippen LogP contribution in [0.25, 0.3) is 0 Å². The molecule has 3 nitrogen and oxygen atoms in total. The molecular weight excluding hydrogens is 246 g/mol. The van der Waals surface area contributed by atoms with Crippen molar-refractivity contribution in [1.29, 1.82) is 0 Å². The molecule has 1 heterocycles. The first kappa shape index (κ1) is 11.8. The fourth-order valence-corrected chi connectivity index (χ4v) is 5.86. The summed E-state index contributed by atoms with van der Waals surface area (Å²) in [4.78, 5) is 0. The summed E-state index contributed by atoms with van der Waals surface area (Å²) in [6.45, 7) is 1.03. The lowest BCUT2D eigenvalue weighted by Crippen LogP contribution is -2.49. The van der Waals surface area contributed by atoms with E-state index in [0.717, 1.165) is 30.3 Å². The molecule has 1 aromatic heterocycles. The summed E-state index contributed by atoms with van der Waals surface area (Å²) < 4.78 is 0. The van der Waals surface area contributed by atoms with E-state index in [1.54, 1.807) is 0 Å². The lowest BCUT2D eigenvalue weighted by atomic mass is 9.48. The SMILES string of the molecule is c1n[nH]c(C23CC4CC(CC(C4)C2)C3)c1CNC1CC1. The highest BCUT2D eigenvalue weighted by molar-refractivity contribution is 5.29. The Kier molecular flexibility index (Phi) is 2.41. The monoisotopic (exact) mass is 271 g/mol. The van der Waals surface area contributed by atoms with E-state index in [1.807, 2.05) is 0 Å². The number of aromatic nitrogens is 2. The Morgan fingerprint density at radius 1 is 1.10 bits per heavy atom. The van der Waals surface area contributed by atoms with E-state index in [-0.39, 0.29) is 0 Å². The lowest BCUT2D eigenvalue weighted by Gasteiger charge is -2.56. The first-order chi connectivity index (χ1) is 9.81. The van der Waals surface area contributed by atoms with Crippen molar-refractivity contribution in [2.45, 2.75) is 69.4 Å². The van der Waals surface area contributed by atoms with Crippen LogP contribution >= 0.6 is 0 Å². The normalized spacial score (nSPS) is 42.3. The fourth-order valence-electron chi connectivity index (χ4n) is 5.86. The third kappa shape index (κ3) is 1.78. The zero-order valence-electron chi connectivity index (χ0n) is 12.2. The summed E-state index contributed by atoms with van der Waals surface area (Å²) in [6.07, 6.45) is 13.7. The zero-order valence-corrected chi connectivity index (χ0v) is 12.2. The predicted molar refractivity (Wildman–Crippen MR) is 78.3 cm³/mol. The first-order valence-electron chi connectivity index (χ1n) is 8.57. The van der Waals surface area contributed by atoms with Crippen molar-refractivity contribution < 1.29 is 0 Å². The first-order valence-corrected chi connectivity index (χ1v) is 8.57. The summed E-state index contributed by atoms with van der Waals surface area (Å²) in [5.41, 5.74) is 3.43. The minimum absolute atomic E-state index is 0.464. The molecule has 0 saturated heterocycles. The summed E-state index contributed by atoms with van der Waals surface area (Å²) in [6, 6.07) is 0.786. The molecule has 0 aromatic carbocycles. The molecule has 5 saturated carbocycles. The fraction of sp³-hybridized carbons (Fsp3) is 0.824. The van der Waals surface area contributed by atoms with Gasteiger partial charge in [-0.3, -0.25) is 5.10 Å². The van der Waals surface area contributed by atoms with Crippen LogP contribution in [0.3, 0.4) is 0 Å². The summed E-state index contributed by atoms with van der Waals surface area (Å²) >= 11 is 0. The van der Waals surface area contributed by atoms with Gasteiger partial charge in [0, 0.05) is 29.3 Å². The number of H-pyrrole nitrogens is 1. The average Bonchev–Trinajstić information content (AvgIpc) is 3.11. The van der Waals surface area contributed by atoms with E-state index in [1.165, 1.54) is 62.6 Å². The maximum absolute atomic E-state index is 4.41. The molecule has 108 valence electrons. The summed E-state index contributed by atoms with van der Waals surface area (Å²) in [5.74, 6) is 3.02. The second kappa shape index (κ2) is 4.09. The number of aromatic amines is 1. The number of nitrogens with one attached hydrogen (secondary N) is 2. The van der Waals surface area contributed by atoms with Gasteiger partial charge in [-0.1, -0.05) is 0 Å². The maximum Gasteiger partial charge on any atom is 0.0535 e. The van der Waals surface area contributed by atoms with Gasteiger partial charge >= 0.3 is 0 Å². The van der Waals surface area contributed by atoms with Gasteiger partial charge in [-0.25, -0.2) is 0 Å². The standard InChI is InChI=1S/C17H25N3/c1-2-15(1)18-9-14-10-19-20-16(14)17-6-11-3-12(7-17)5-13(4-11)8-17/h10-13,15,18H,1-9H2,(H,19,20). The molecule has 2 N–H and O–H groups in total. The molecule has 0 aliphatic heterocycles. The molecule has 6 rings (SSSR count). The van der Waals surface area contributed by atoms with Gasteiger partial charge in [0.1, 0.15) is 0 Å². The van der Waals surface area contributed by atoms with Crippen molar-refractivity contribution in [3.05, 3.63) is 17.5 Å². The molecule has 0 unspecified atom stereocenters. The van der Waals surface area contributed by atoms with Crippen LogP contribution in [-0.4, -0.2) is 16.2 Å². The third-order valence-electron chi connectivity index (χ3n) is 6.44. The van der Waals surface area contributed by atoms with Crippen molar-refractivity contribution in [2.24, 2.45) is 17.8 Å². The second-order valence-electron chi connectivity index (χ2n) is 8.12. The minimum atomic E-state index is 0.464. The molecule has 5 aliphatic carbocycles. The molecule has 0 atom stereocenters. The van der Waals surface area contributed by atoms with Gasteiger partial charge in [-0.2, -0.15) is 5.10 Å². The molecule has 5 aliphatic rings. The lowest BCUT2D eigenvalue weighted by molar-refractivity contribution is -0.00764. The Balaban J connectivity index is 1.45. The Bertz CT molecular complexity index is 479. The molecule has 20 heavy (non-hydrogen) atoms. The van der Waals surface area contributed by atoms with Crippen LogP contribution in [0.4, 0.5) is 0 Å². The molecule has 1 aromatic rings. The van der Waals surface area contributed by atoms with Crippen LogP contribution in [0.2, 0.25) is 0 Å². The third-order valence-corrected chi connectivity index (χ3v) is 6.44. The minimum Gasteiger partial charge on any atom is -0.310 e. The van der Waals surface area contributed by atoms with Gasteiger partial charge < -0.3 is 5.32 Å². The van der Waals surface area contributed by atoms with E-state index in [9.17, 15) is 0 Å². The van der Waals surface area contributed by atoms with Crippen molar-refractivity contribution in [3.63, 3.8) is 0 Å². The largest absolute Gasteiger partial charge is 0.310 e. The molecule has 5 fully saturated rings. The predicted octanol–water partition coefficient (Wildman–Crippen LogP) is 3.13. The molecular formula is C17H25N3. The number of nitrogens with zero attached hydrogens (tertiary/aromatic N) is 1. The topological polar surface area (TPSA) is 40.7 Å². The van der Waals surface area contributed by atoms with Crippen LogP contribution in [0, 0.1) is 17.8 Å². The van der Waals surface area contributed by atoms with Crippen LogP contribution < -0.4 is 5.32 Å². The van der Waals surface area contributed by atoms with Crippen molar-refractivity contribution in [3.8, 4) is 0 Å². The van der Waals surface area contributed by atoms with Gasteiger partial charge in [0.15, 0.2) is 0 Å². The van der Waals surface area contributed by atoms with Crippen molar-refractivity contribution in [2.75, 3.05) is 0 Å². The molecule has 0 spiro atoms. The van der Waals surface area contributed by atoms with Crippen LogP contribution in [0.1, 0.15) is 62.6 Å². The van der Waals surface area contributed by atoms with Gasteiger partial charge in [0.2, 0.25) is 0 Å². The van der Waals surface area contributed by atoms with E-state index >= 15 is 0 Å².